The van der Waals surface area contributed by atoms with E-state index in [0.717, 1.165) is 16.9 Å². The first-order chi connectivity index (χ1) is 16.9. The Morgan fingerprint density at radius 3 is 2.71 bits per heavy atom. The molecule has 0 saturated carbocycles. The van der Waals surface area contributed by atoms with E-state index in [9.17, 15) is 14.7 Å². The minimum Gasteiger partial charge on any atom is -0.496 e. The smallest absolute Gasteiger partial charge is 0.238 e. The van der Waals surface area contributed by atoms with Crippen molar-refractivity contribution in [2.24, 2.45) is 0 Å². The van der Waals surface area contributed by atoms with Gasteiger partial charge in [0, 0.05) is 29.3 Å². The highest BCUT2D eigenvalue weighted by Crippen LogP contribution is 2.47. The van der Waals surface area contributed by atoms with E-state index in [1.807, 2.05) is 50.5 Å². The zero-order valence-corrected chi connectivity index (χ0v) is 20.3. The average Bonchev–Trinajstić information content (AvgIpc) is 3.19. The molecule has 0 bridgehead atoms. The highest BCUT2D eigenvalue weighted by molar-refractivity contribution is 5.92. The van der Waals surface area contributed by atoms with Crippen LogP contribution in [-0.4, -0.2) is 74.5 Å². The van der Waals surface area contributed by atoms with Gasteiger partial charge in [-0.2, -0.15) is 0 Å². The average molecular weight is 484 g/mol. The number of hydrogen-bond donors (Lipinski definition) is 3. The van der Waals surface area contributed by atoms with Crippen LogP contribution in [0.3, 0.4) is 0 Å². The van der Waals surface area contributed by atoms with Gasteiger partial charge in [0.1, 0.15) is 23.7 Å². The first-order valence-corrected chi connectivity index (χ1v) is 11.8. The number of anilines is 1. The van der Waals surface area contributed by atoms with Crippen LogP contribution in [0.25, 0.3) is 0 Å². The maximum atomic E-state index is 12.7. The summed E-state index contributed by atoms with van der Waals surface area (Å²) in [4.78, 5) is 26.7. The van der Waals surface area contributed by atoms with E-state index in [1.54, 1.807) is 18.1 Å². The van der Waals surface area contributed by atoms with E-state index in [0.29, 0.717) is 24.4 Å². The molecule has 2 aromatic carbocycles. The number of ether oxygens (including phenoxy) is 3. The second kappa shape index (κ2) is 11.1. The fourth-order valence-electron chi connectivity index (χ4n) is 4.78. The standard InChI is InChI=1S/C26H33N3O6/c1-29(2)14-25(32)28-17-8-9-22-19(10-17)20-11-18(34-23(15-30)26(20)35-22)12-24(31)27-13-16-6-4-5-7-21(16)33-3/h4-10,18,20,23,26,30H,11-15H2,1-3H3,(H,27,31)(H,28,32)/t18-,20-,23+,26+/m1/s1. The number of rotatable bonds is 9. The summed E-state index contributed by atoms with van der Waals surface area (Å²) in [5.41, 5.74) is 2.54. The van der Waals surface area contributed by atoms with Crippen LogP contribution in [0, 0.1) is 0 Å². The largest absolute Gasteiger partial charge is 0.496 e. The van der Waals surface area contributed by atoms with Gasteiger partial charge in [0.25, 0.3) is 0 Å². The van der Waals surface area contributed by atoms with Gasteiger partial charge in [0.15, 0.2) is 0 Å². The molecule has 2 aromatic rings. The third-order valence-corrected chi connectivity index (χ3v) is 6.32. The molecule has 0 aliphatic carbocycles. The number of methoxy groups -OCH3 is 1. The number of fused-ring (bicyclic) bond motifs is 3. The Morgan fingerprint density at radius 1 is 1.17 bits per heavy atom. The summed E-state index contributed by atoms with van der Waals surface area (Å²) in [6.45, 7) is 0.431. The Hall–Kier alpha value is -3.14. The molecule has 0 spiro atoms. The zero-order valence-electron chi connectivity index (χ0n) is 20.3. The number of benzene rings is 2. The first kappa shape index (κ1) is 25.0. The van der Waals surface area contributed by atoms with Crippen molar-refractivity contribution in [3.05, 3.63) is 53.6 Å². The third kappa shape index (κ3) is 5.93. The summed E-state index contributed by atoms with van der Waals surface area (Å²) < 4.78 is 17.5. The fraction of sp³-hybridized carbons (Fsp3) is 0.462. The monoisotopic (exact) mass is 483 g/mol. The minimum absolute atomic E-state index is 0.0476. The van der Waals surface area contributed by atoms with E-state index >= 15 is 0 Å². The third-order valence-electron chi connectivity index (χ3n) is 6.32. The Bertz CT molecular complexity index is 1060. The van der Waals surface area contributed by atoms with Crippen molar-refractivity contribution in [2.75, 3.05) is 39.7 Å². The van der Waals surface area contributed by atoms with Gasteiger partial charge in [0.2, 0.25) is 11.8 Å². The van der Waals surface area contributed by atoms with Gasteiger partial charge in [-0.25, -0.2) is 0 Å². The highest BCUT2D eigenvalue weighted by Gasteiger charge is 2.46. The van der Waals surface area contributed by atoms with Crippen molar-refractivity contribution in [1.82, 2.24) is 10.2 Å². The van der Waals surface area contributed by atoms with E-state index in [4.69, 9.17) is 14.2 Å². The number of likely N-dealkylation sites (N-methyl/N-ethyl adjacent to an activating group) is 1. The summed E-state index contributed by atoms with van der Waals surface area (Å²) in [6.07, 6.45) is -0.502. The molecule has 1 fully saturated rings. The molecule has 9 nitrogen and oxygen atoms in total. The van der Waals surface area contributed by atoms with Gasteiger partial charge in [-0.15, -0.1) is 0 Å². The van der Waals surface area contributed by atoms with Crippen molar-refractivity contribution in [3.8, 4) is 11.5 Å². The molecule has 3 N–H and O–H groups in total. The summed E-state index contributed by atoms with van der Waals surface area (Å²) in [5, 5.41) is 15.8. The van der Waals surface area contributed by atoms with Crippen molar-refractivity contribution >= 4 is 17.5 Å². The Morgan fingerprint density at radius 2 is 1.97 bits per heavy atom. The SMILES string of the molecule is COc1ccccc1CNC(=O)C[C@H]1C[C@@H]2c3cc(NC(=O)CN(C)C)ccc3O[C@@H]2[C@H](CO)O1. The lowest BCUT2D eigenvalue weighted by Gasteiger charge is -2.37. The molecule has 9 heteroatoms. The van der Waals surface area contributed by atoms with E-state index < -0.39 is 6.10 Å². The van der Waals surface area contributed by atoms with Gasteiger partial charge in [-0.05, 0) is 44.8 Å². The van der Waals surface area contributed by atoms with Crippen molar-refractivity contribution in [3.63, 3.8) is 0 Å². The van der Waals surface area contributed by atoms with E-state index in [-0.39, 0.29) is 49.5 Å². The van der Waals surface area contributed by atoms with Gasteiger partial charge in [-0.3, -0.25) is 9.59 Å². The van der Waals surface area contributed by atoms with E-state index in [1.165, 1.54) is 0 Å². The lowest BCUT2D eigenvalue weighted by Crippen LogP contribution is -2.47. The molecular formula is C26H33N3O6. The Labute approximate surface area is 205 Å². The van der Waals surface area contributed by atoms with Crippen LogP contribution in [0.15, 0.2) is 42.5 Å². The molecule has 2 aliphatic rings. The number of amides is 2. The predicted octanol–water partition coefficient (Wildman–Crippen LogP) is 1.90. The van der Waals surface area contributed by atoms with Crippen LogP contribution < -0.4 is 20.1 Å². The van der Waals surface area contributed by atoms with Gasteiger partial charge < -0.3 is 34.9 Å². The normalized spacial score (nSPS) is 22.7. The number of nitrogens with zero attached hydrogens (tertiary/aromatic N) is 1. The number of hydrogen-bond acceptors (Lipinski definition) is 7. The molecule has 1 saturated heterocycles. The summed E-state index contributed by atoms with van der Waals surface area (Å²) in [6, 6.07) is 13.1. The van der Waals surface area contributed by atoms with Crippen LogP contribution in [-0.2, 0) is 20.9 Å². The number of aliphatic hydroxyl groups is 1. The van der Waals surface area contributed by atoms with Crippen LogP contribution in [0.5, 0.6) is 11.5 Å². The summed E-state index contributed by atoms with van der Waals surface area (Å²) in [5.74, 6) is 1.15. The predicted molar refractivity (Wildman–Crippen MR) is 131 cm³/mol. The second-order valence-corrected chi connectivity index (χ2v) is 9.24. The fourth-order valence-corrected chi connectivity index (χ4v) is 4.78. The van der Waals surface area contributed by atoms with E-state index in [2.05, 4.69) is 10.6 Å². The minimum atomic E-state index is -0.542. The van der Waals surface area contributed by atoms with Gasteiger partial charge in [-0.1, -0.05) is 18.2 Å². The second-order valence-electron chi connectivity index (χ2n) is 9.24. The highest BCUT2D eigenvalue weighted by atomic mass is 16.6. The van der Waals surface area contributed by atoms with Gasteiger partial charge in [0.05, 0.1) is 32.8 Å². The number of carbonyl (C=O) groups excluding carboxylic acids is 2. The number of carbonyl (C=O) groups is 2. The molecule has 0 radical (unpaired) electrons. The molecule has 0 unspecified atom stereocenters. The first-order valence-electron chi connectivity index (χ1n) is 11.8. The lowest BCUT2D eigenvalue weighted by atomic mass is 9.84. The molecule has 4 atom stereocenters. The molecule has 188 valence electrons. The van der Waals surface area contributed by atoms with Crippen molar-refractivity contribution in [1.29, 1.82) is 0 Å². The molecule has 4 rings (SSSR count). The van der Waals surface area contributed by atoms with Crippen molar-refractivity contribution < 1.29 is 28.9 Å². The quantitative estimate of drug-likeness (QED) is 0.500. The topological polar surface area (TPSA) is 109 Å². The molecule has 35 heavy (non-hydrogen) atoms. The van der Waals surface area contributed by atoms with Crippen LogP contribution in [0.4, 0.5) is 5.69 Å². The van der Waals surface area contributed by atoms with Crippen LogP contribution in [0.1, 0.15) is 29.9 Å². The summed E-state index contributed by atoms with van der Waals surface area (Å²) >= 11 is 0. The molecule has 2 heterocycles. The Balaban J connectivity index is 1.41. The molecule has 2 amide bonds. The number of para-hydroxylation sites is 1. The lowest BCUT2D eigenvalue weighted by molar-refractivity contribution is -0.142. The number of nitrogens with one attached hydrogen (secondary N) is 2. The van der Waals surface area contributed by atoms with Gasteiger partial charge >= 0.3 is 0 Å². The van der Waals surface area contributed by atoms with Crippen molar-refractivity contribution in [2.45, 2.75) is 43.6 Å². The molecule has 2 aliphatic heterocycles. The maximum absolute atomic E-state index is 12.7. The molecular weight excluding hydrogens is 450 g/mol. The van der Waals surface area contributed by atoms with Crippen LogP contribution >= 0.6 is 0 Å². The molecule has 0 aromatic heterocycles. The maximum Gasteiger partial charge on any atom is 0.238 e. The number of aliphatic hydroxyl groups excluding tert-OH is 1. The Kier molecular flexibility index (Phi) is 7.90. The summed E-state index contributed by atoms with van der Waals surface area (Å²) in [7, 11) is 5.28. The van der Waals surface area contributed by atoms with Crippen LogP contribution in [0.2, 0.25) is 0 Å². The zero-order chi connectivity index (χ0) is 24.9.